The van der Waals surface area contributed by atoms with E-state index in [1.165, 1.54) is 24.7 Å². The van der Waals surface area contributed by atoms with Gasteiger partial charge in [0.1, 0.15) is 18.7 Å². The Morgan fingerprint density at radius 3 is 2.37 bits per heavy atom. The minimum absolute atomic E-state index is 0.0792. The van der Waals surface area contributed by atoms with Gasteiger partial charge in [-0.25, -0.2) is 37.5 Å². The highest BCUT2D eigenvalue weighted by atomic mass is 32.2. The number of carbonyl (C=O) groups is 5. The maximum atomic E-state index is 14.4. The number of sulfonamides is 1. The molecule has 0 radical (unpaired) electrons. The number of hydrogen-bond donors (Lipinski definition) is 6. The van der Waals surface area contributed by atoms with Gasteiger partial charge in [-0.15, -0.1) is 0 Å². The highest BCUT2D eigenvalue weighted by Gasteiger charge is 2.51. The molecule has 73 heavy (non-hydrogen) atoms. The molecule has 0 fully saturated rings. The topological polar surface area (TPSA) is 270 Å². The van der Waals surface area contributed by atoms with Crippen LogP contribution in [0.4, 0.5) is 10.5 Å². The molecule has 2 aliphatic rings. The lowest BCUT2D eigenvalue weighted by atomic mass is 9.85. The van der Waals surface area contributed by atoms with Gasteiger partial charge in [-0.05, 0) is 71.5 Å². The van der Waals surface area contributed by atoms with E-state index in [1.54, 1.807) is 98.1 Å². The van der Waals surface area contributed by atoms with Gasteiger partial charge in [0.25, 0.3) is 5.56 Å². The maximum absolute atomic E-state index is 14.4. The molecule has 0 saturated carbocycles. The van der Waals surface area contributed by atoms with Crippen molar-refractivity contribution in [2.24, 2.45) is 5.92 Å². The van der Waals surface area contributed by atoms with Gasteiger partial charge < -0.3 is 40.1 Å². The second-order valence-corrected chi connectivity index (χ2v) is 19.8. The van der Waals surface area contributed by atoms with Gasteiger partial charge in [0.2, 0.25) is 21.5 Å². The number of urea groups is 1. The highest BCUT2D eigenvalue weighted by molar-refractivity contribution is 7.89. The number of H-pyrrole nitrogens is 1. The number of benzene rings is 4. The quantitative estimate of drug-likeness (QED) is 0.0565. The smallest absolute Gasteiger partial charge is 0.355 e. The zero-order valence-corrected chi connectivity index (χ0v) is 40.6. The van der Waals surface area contributed by atoms with E-state index in [9.17, 15) is 42.3 Å². The fourth-order valence-electron chi connectivity index (χ4n) is 9.17. The summed E-state index contributed by atoms with van der Waals surface area (Å²) in [5.41, 5.74) is 2.94. The predicted octanol–water partition coefficient (Wildman–Crippen LogP) is 6.09. The van der Waals surface area contributed by atoms with Crippen molar-refractivity contribution in [2.45, 2.75) is 81.8 Å². The fraction of sp³-hybridized carbons (Fsp3) is 0.245. The van der Waals surface area contributed by atoms with Crippen LogP contribution < -0.4 is 26.2 Å². The van der Waals surface area contributed by atoms with Gasteiger partial charge in [0, 0.05) is 40.5 Å². The number of nitrogens with zero attached hydrogens (tertiary/aromatic N) is 3. The van der Waals surface area contributed by atoms with Crippen LogP contribution in [0.2, 0.25) is 0 Å². The van der Waals surface area contributed by atoms with Gasteiger partial charge in [0.15, 0.2) is 0 Å². The Bertz CT molecular complexity index is 3460. The van der Waals surface area contributed by atoms with Crippen molar-refractivity contribution in [3.05, 3.63) is 166 Å². The molecular weight excluding hydrogens is 957 g/mol. The van der Waals surface area contributed by atoms with E-state index in [-0.39, 0.29) is 42.0 Å². The zero-order chi connectivity index (χ0) is 51.6. The summed E-state index contributed by atoms with van der Waals surface area (Å²) in [6, 6.07) is 27.8. The number of carboxylic acids is 1. The maximum Gasteiger partial charge on any atom is 0.355 e. The summed E-state index contributed by atoms with van der Waals surface area (Å²) in [6.45, 7) is 4.90. The number of aliphatic carboxylic acids is 1. The number of carbonyl (C=O) groups excluding carboxylic acids is 4. The Kier molecular flexibility index (Phi) is 13.8. The summed E-state index contributed by atoms with van der Waals surface area (Å²) < 4.78 is 42.6. The second kappa shape index (κ2) is 20.3. The largest absolute Gasteiger partial charge is 0.481 e. The molecule has 3 amide bonds. The molecule has 9 rings (SSSR count). The Labute approximate surface area is 418 Å². The number of nitrogens with one attached hydrogen (secondary N) is 5. The molecule has 4 atom stereocenters. The van der Waals surface area contributed by atoms with E-state index < -0.39 is 81.5 Å². The summed E-state index contributed by atoms with van der Waals surface area (Å²) in [4.78, 5) is 93.7. The van der Waals surface area contributed by atoms with Gasteiger partial charge >= 0.3 is 23.9 Å². The first-order valence-electron chi connectivity index (χ1n) is 23.4. The number of para-hydroxylation sites is 1. The number of rotatable bonds is 17. The molecule has 19 nitrogen and oxygen atoms in total. The summed E-state index contributed by atoms with van der Waals surface area (Å²) >= 11 is 0. The third-order valence-electron chi connectivity index (χ3n) is 13.0. The molecular formula is C53H50N8O11S. The molecule has 0 aliphatic carbocycles. The Balaban J connectivity index is 0.906. The van der Waals surface area contributed by atoms with Crippen LogP contribution >= 0.6 is 0 Å². The third-order valence-corrected chi connectivity index (χ3v) is 14.5. The number of anilines is 1. The van der Waals surface area contributed by atoms with E-state index in [4.69, 9.17) is 14.5 Å². The monoisotopic (exact) mass is 1010 g/mol. The number of ether oxygens (including phenoxy) is 2. The lowest BCUT2D eigenvalue weighted by molar-refractivity contribution is -0.191. The molecule has 5 heterocycles. The SMILES string of the molecule is CCC1(OC(=O)[C@@H](NC(=O)[C@H](Cc2cnc[nH]2)NC(=O)Nc2cccc(-c3ccc(S(=O)(=O)NC(CC(=O)O)c4ccccc4)cc3)c2)C(C)C)C(=O)OCc2c1cc1n(c2=O)Cc2cc3ccccc3nc2-1. The Morgan fingerprint density at radius 2 is 1.66 bits per heavy atom. The molecule has 6 N–H and O–H groups in total. The second-order valence-electron chi connectivity index (χ2n) is 18.1. The number of fused-ring (bicyclic) bond motifs is 5. The summed E-state index contributed by atoms with van der Waals surface area (Å²) in [5.74, 6) is -4.38. The van der Waals surface area contributed by atoms with E-state index in [2.05, 4.69) is 30.6 Å². The van der Waals surface area contributed by atoms with Crippen molar-refractivity contribution >= 4 is 56.5 Å². The number of hydrogen-bond acceptors (Lipinski definition) is 12. The van der Waals surface area contributed by atoms with Crippen molar-refractivity contribution in [1.29, 1.82) is 0 Å². The summed E-state index contributed by atoms with van der Waals surface area (Å²) in [5, 5.41) is 18.5. The number of esters is 2. The van der Waals surface area contributed by atoms with E-state index in [0.717, 1.165) is 16.5 Å². The minimum atomic E-state index is -4.15. The minimum Gasteiger partial charge on any atom is -0.481 e. The number of imidazole rings is 1. The lowest BCUT2D eigenvalue weighted by Crippen LogP contribution is -2.56. The van der Waals surface area contributed by atoms with Crippen LogP contribution in [0.5, 0.6) is 0 Å². The number of aromatic amines is 1. The first-order valence-corrected chi connectivity index (χ1v) is 24.9. The predicted molar refractivity (Wildman–Crippen MR) is 267 cm³/mol. The van der Waals surface area contributed by atoms with Crippen LogP contribution in [-0.4, -0.2) is 75.0 Å². The molecule has 374 valence electrons. The number of carboxylic acid groups (broad SMARTS) is 1. The van der Waals surface area contributed by atoms with Crippen LogP contribution in [0.15, 0.2) is 137 Å². The third kappa shape index (κ3) is 10.2. The number of pyridine rings is 2. The number of amides is 3. The molecule has 4 aromatic carbocycles. The zero-order valence-electron chi connectivity index (χ0n) is 39.7. The Hall–Kier alpha value is -8.49. The normalized spacial score (nSPS) is 16.0. The van der Waals surface area contributed by atoms with E-state index in [0.29, 0.717) is 39.5 Å². The van der Waals surface area contributed by atoms with Gasteiger partial charge in [-0.2, -0.15) is 0 Å². The van der Waals surface area contributed by atoms with Crippen molar-refractivity contribution in [3.63, 3.8) is 0 Å². The van der Waals surface area contributed by atoms with Gasteiger partial charge in [0.05, 0.1) is 52.7 Å². The molecule has 0 bridgehead atoms. The average molecular weight is 1010 g/mol. The van der Waals surface area contributed by atoms with Gasteiger partial charge in [-0.3, -0.25) is 14.4 Å². The number of cyclic esters (lactones) is 1. The van der Waals surface area contributed by atoms with E-state index in [1.807, 2.05) is 30.3 Å². The first kappa shape index (κ1) is 49.5. The van der Waals surface area contributed by atoms with Crippen molar-refractivity contribution in [1.82, 2.24) is 34.9 Å². The molecule has 0 saturated heterocycles. The van der Waals surface area contributed by atoms with Crippen LogP contribution in [0.25, 0.3) is 33.4 Å². The molecule has 2 unspecified atom stereocenters. The molecule has 0 spiro atoms. The Morgan fingerprint density at radius 1 is 0.904 bits per heavy atom. The molecule has 7 aromatic rings. The molecule has 20 heteroatoms. The van der Waals surface area contributed by atoms with Crippen molar-refractivity contribution in [2.75, 3.05) is 5.32 Å². The lowest BCUT2D eigenvalue weighted by Gasteiger charge is -2.37. The average Bonchev–Trinajstić information content (AvgIpc) is 4.03. The standard InChI is InChI=1S/C53H50N8O11S/c1-4-53(40-24-44-47-35(21-34-13-8-9-16-41(34)57-47)27-61(44)49(65)39(40)28-71-51(53)67)72-50(66)46(30(2)3)59-48(64)43(23-37-26-54-29-55-37)58-52(68)56-36-15-10-14-33(22-36)31-17-19-38(20-18-31)73(69,70)60-42(25-45(62)63)32-11-6-5-7-12-32/h5-22,24,26,29-30,42-43,46,60H,4,23,25,27-28H2,1-3H3,(H,54,55)(H,59,64)(H,62,63)(H2,56,58,68)/t42?,43-,46-,53?/m0/s1. The van der Waals surface area contributed by atoms with Crippen LogP contribution in [-0.2, 0) is 63.8 Å². The van der Waals surface area contributed by atoms with Crippen LogP contribution in [0.3, 0.4) is 0 Å². The van der Waals surface area contributed by atoms with Crippen molar-refractivity contribution < 1.29 is 47.0 Å². The number of aromatic nitrogens is 4. The summed E-state index contributed by atoms with van der Waals surface area (Å²) in [7, 11) is -4.15. The molecule has 2 aliphatic heterocycles. The fourth-order valence-corrected chi connectivity index (χ4v) is 10.4. The summed E-state index contributed by atoms with van der Waals surface area (Å²) in [6.07, 6.45) is 2.24. The van der Waals surface area contributed by atoms with Gasteiger partial charge in [-0.1, -0.05) is 93.6 Å². The van der Waals surface area contributed by atoms with Crippen molar-refractivity contribution in [3.8, 4) is 22.5 Å². The van der Waals surface area contributed by atoms with Crippen LogP contribution in [0.1, 0.15) is 67.6 Å². The van der Waals surface area contributed by atoms with Crippen LogP contribution in [0, 0.1) is 5.92 Å². The first-order chi connectivity index (χ1) is 35.0. The molecule has 3 aromatic heterocycles. The highest BCUT2D eigenvalue weighted by Crippen LogP contribution is 2.41. The van der Waals surface area contributed by atoms with E-state index >= 15 is 0 Å².